The van der Waals surface area contributed by atoms with Crippen LogP contribution in [0, 0.1) is 19.8 Å². The molecule has 188 valence electrons. The van der Waals surface area contributed by atoms with Crippen LogP contribution in [0.5, 0.6) is 5.75 Å². The first-order valence-electron chi connectivity index (χ1n) is 12.8. The van der Waals surface area contributed by atoms with Crippen molar-refractivity contribution in [2.75, 3.05) is 25.1 Å². The molecule has 0 atom stereocenters. The van der Waals surface area contributed by atoms with Gasteiger partial charge in [0.25, 0.3) is 0 Å². The standard InChI is InChI=1S/C31H30ClN3O2/c1-19-12-24(14-26(13-19)36-3)22-7-9-25(10-8-22)35-17-21(18-35)4-11-27-30(34-37-31(27)23-5-6-23)29-20(2)15-33-16-28(29)32/h4,7-16,21,23H,5-6,17-18H2,1-3H3/b11-4+. The second kappa shape index (κ2) is 9.71. The Morgan fingerprint density at radius 2 is 1.81 bits per heavy atom. The van der Waals surface area contributed by atoms with Crippen LogP contribution in [-0.2, 0) is 0 Å². The maximum Gasteiger partial charge on any atom is 0.147 e. The Bertz CT molecular complexity index is 1440. The van der Waals surface area contributed by atoms with Gasteiger partial charge in [0.2, 0.25) is 0 Å². The monoisotopic (exact) mass is 511 g/mol. The quantitative estimate of drug-likeness (QED) is 0.254. The van der Waals surface area contributed by atoms with Crippen molar-refractivity contribution in [2.24, 2.45) is 5.92 Å². The van der Waals surface area contributed by atoms with Crippen LogP contribution in [0.25, 0.3) is 28.5 Å². The Kier molecular flexibility index (Phi) is 6.25. The average molecular weight is 512 g/mol. The van der Waals surface area contributed by atoms with Crippen LogP contribution in [0.4, 0.5) is 5.69 Å². The summed E-state index contributed by atoms with van der Waals surface area (Å²) in [6.07, 6.45) is 10.3. The molecule has 0 amide bonds. The molecular formula is C31H30ClN3O2. The summed E-state index contributed by atoms with van der Waals surface area (Å²) < 4.78 is 11.3. The Morgan fingerprint density at radius 1 is 1.03 bits per heavy atom. The highest BCUT2D eigenvalue weighted by molar-refractivity contribution is 6.33. The van der Waals surface area contributed by atoms with Gasteiger partial charge < -0.3 is 14.2 Å². The molecule has 4 aromatic rings. The van der Waals surface area contributed by atoms with Crippen LogP contribution in [0.2, 0.25) is 5.02 Å². The van der Waals surface area contributed by atoms with E-state index in [0.29, 0.717) is 16.9 Å². The first-order valence-corrected chi connectivity index (χ1v) is 13.2. The van der Waals surface area contributed by atoms with Crippen molar-refractivity contribution in [3.05, 3.63) is 88.4 Å². The molecule has 1 saturated carbocycles. The van der Waals surface area contributed by atoms with E-state index >= 15 is 0 Å². The van der Waals surface area contributed by atoms with Crippen LogP contribution >= 0.6 is 11.6 Å². The van der Waals surface area contributed by atoms with Crippen molar-refractivity contribution in [1.29, 1.82) is 0 Å². The molecule has 37 heavy (non-hydrogen) atoms. The molecule has 2 aromatic carbocycles. The second-order valence-corrected chi connectivity index (χ2v) is 10.6. The number of aromatic nitrogens is 2. The smallest absolute Gasteiger partial charge is 0.147 e. The molecule has 0 radical (unpaired) electrons. The van der Waals surface area contributed by atoms with Gasteiger partial charge in [-0.3, -0.25) is 4.98 Å². The van der Waals surface area contributed by atoms with Gasteiger partial charge in [-0.05, 0) is 73.2 Å². The molecule has 1 saturated heterocycles. The lowest BCUT2D eigenvalue weighted by Gasteiger charge is -2.39. The first kappa shape index (κ1) is 23.8. The zero-order valence-corrected chi connectivity index (χ0v) is 22.1. The topological polar surface area (TPSA) is 51.4 Å². The van der Waals surface area contributed by atoms with Gasteiger partial charge in [0.05, 0.1) is 12.1 Å². The van der Waals surface area contributed by atoms with Crippen LogP contribution in [0.3, 0.4) is 0 Å². The minimum atomic E-state index is 0.464. The molecular weight excluding hydrogens is 482 g/mol. The van der Waals surface area contributed by atoms with Gasteiger partial charge in [0.1, 0.15) is 17.2 Å². The SMILES string of the molecule is COc1cc(C)cc(-c2ccc(N3CC(/C=C/c4c(-c5c(C)cncc5Cl)noc4C4CC4)C3)cc2)c1. The van der Waals surface area contributed by atoms with E-state index in [1.807, 2.05) is 13.1 Å². The average Bonchev–Trinajstić information content (AvgIpc) is 3.63. The summed E-state index contributed by atoms with van der Waals surface area (Å²) >= 11 is 6.52. The van der Waals surface area contributed by atoms with Gasteiger partial charge in [-0.25, -0.2) is 0 Å². The zero-order chi connectivity index (χ0) is 25.5. The molecule has 6 heteroatoms. The Labute approximate surface area is 222 Å². The van der Waals surface area contributed by atoms with E-state index in [1.54, 1.807) is 13.3 Å². The third kappa shape index (κ3) is 4.76. The number of pyridine rings is 1. The van der Waals surface area contributed by atoms with E-state index in [4.69, 9.17) is 20.9 Å². The van der Waals surface area contributed by atoms with Crippen molar-refractivity contribution in [2.45, 2.75) is 32.6 Å². The molecule has 0 spiro atoms. The maximum absolute atomic E-state index is 6.52. The van der Waals surface area contributed by atoms with E-state index in [0.717, 1.165) is 59.8 Å². The molecule has 0 unspecified atom stereocenters. The summed E-state index contributed by atoms with van der Waals surface area (Å²) in [6, 6.07) is 15.1. The third-order valence-electron chi connectivity index (χ3n) is 7.33. The van der Waals surface area contributed by atoms with Crippen molar-refractivity contribution in [3.63, 3.8) is 0 Å². The molecule has 0 bridgehead atoms. The summed E-state index contributed by atoms with van der Waals surface area (Å²) in [7, 11) is 1.71. The number of rotatable bonds is 7. The van der Waals surface area contributed by atoms with E-state index in [-0.39, 0.29) is 0 Å². The molecule has 2 aromatic heterocycles. The van der Waals surface area contributed by atoms with Crippen molar-refractivity contribution in [3.8, 4) is 28.1 Å². The summed E-state index contributed by atoms with van der Waals surface area (Å²) in [6.45, 7) is 6.08. The van der Waals surface area contributed by atoms with E-state index in [9.17, 15) is 0 Å². The van der Waals surface area contributed by atoms with Crippen molar-refractivity contribution in [1.82, 2.24) is 10.1 Å². The minimum absolute atomic E-state index is 0.464. The summed E-state index contributed by atoms with van der Waals surface area (Å²) in [5, 5.41) is 5.05. The summed E-state index contributed by atoms with van der Waals surface area (Å²) in [5.74, 6) is 2.81. The fourth-order valence-electron chi connectivity index (χ4n) is 5.10. The van der Waals surface area contributed by atoms with E-state index in [2.05, 4.69) is 76.6 Å². The number of ether oxygens (including phenoxy) is 1. The van der Waals surface area contributed by atoms with Crippen LogP contribution < -0.4 is 9.64 Å². The third-order valence-corrected chi connectivity index (χ3v) is 7.61. The van der Waals surface area contributed by atoms with Crippen LogP contribution in [-0.4, -0.2) is 30.3 Å². The number of hydrogen-bond donors (Lipinski definition) is 0. The zero-order valence-electron chi connectivity index (χ0n) is 21.4. The first-order chi connectivity index (χ1) is 18.0. The molecule has 2 aliphatic rings. The van der Waals surface area contributed by atoms with Gasteiger partial charge in [-0.1, -0.05) is 47.1 Å². The fraction of sp³-hybridized carbons (Fsp3) is 0.290. The predicted octanol–water partition coefficient (Wildman–Crippen LogP) is 7.71. The highest BCUT2D eigenvalue weighted by atomic mass is 35.5. The summed E-state index contributed by atoms with van der Waals surface area (Å²) in [4.78, 5) is 6.61. The molecule has 6 rings (SSSR count). The molecule has 3 heterocycles. The minimum Gasteiger partial charge on any atom is -0.497 e. The van der Waals surface area contributed by atoms with Crippen molar-refractivity contribution < 1.29 is 9.26 Å². The lowest BCUT2D eigenvalue weighted by atomic mass is 9.95. The molecule has 5 nitrogen and oxygen atoms in total. The van der Waals surface area contributed by atoms with Crippen molar-refractivity contribution >= 4 is 23.4 Å². The van der Waals surface area contributed by atoms with E-state index < -0.39 is 0 Å². The number of aryl methyl sites for hydroxylation is 2. The Morgan fingerprint density at radius 3 is 2.51 bits per heavy atom. The van der Waals surface area contributed by atoms with Crippen LogP contribution in [0.1, 0.15) is 41.2 Å². The second-order valence-electron chi connectivity index (χ2n) is 10.2. The lowest BCUT2D eigenvalue weighted by Crippen LogP contribution is -2.45. The highest BCUT2D eigenvalue weighted by Crippen LogP contribution is 2.45. The predicted molar refractivity (Wildman–Crippen MR) is 149 cm³/mol. The van der Waals surface area contributed by atoms with Gasteiger partial charge in [0, 0.05) is 54.1 Å². The number of methoxy groups -OCH3 is 1. The fourth-order valence-corrected chi connectivity index (χ4v) is 5.39. The lowest BCUT2D eigenvalue weighted by molar-refractivity contribution is 0.386. The van der Waals surface area contributed by atoms with Crippen LogP contribution in [0.15, 0.2) is 65.5 Å². The molecule has 1 aliphatic heterocycles. The number of hydrogen-bond acceptors (Lipinski definition) is 5. The number of benzene rings is 2. The molecule has 1 aliphatic carbocycles. The number of anilines is 1. The highest BCUT2D eigenvalue weighted by Gasteiger charge is 2.33. The summed E-state index contributed by atoms with van der Waals surface area (Å²) in [5.41, 5.74) is 8.61. The van der Waals surface area contributed by atoms with Gasteiger partial charge in [0.15, 0.2) is 0 Å². The number of nitrogens with zero attached hydrogens (tertiary/aromatic N) is 3. The Hall–Kier alpha value is -3.57. The largest absolute Gasteiger partial charge is 0.497 e. The Balaban J connectivity index is 1.17. The maximum atomic E-state index is 6.52. The molecule has 0 N–H and O–H groups in total. The van der Waals surface area contributed by atoms with Gasteiger partial charge >= 0.3 is 0 Å². The molecule has 2 fully saturated rings. The normalized spacial score (nSPS) is 15.8. The van der Waals surface area contributed by atoms with E-state index in [1.165, 1.54) is 22.4 Å². The number of halogens is 1. The van der Waals surface area contributed by atoms with Gasteiger partial charge in [-0.2, -0.15) is 0 Å². The van der Waals surface area contributed by atoms with Gasteiger partial charge in [-0.15, -0.1) is 0 Å².